The molecule has 1 amide bonds. The molecule has 1 N–H and O–H groups in total. The molecule has 1 aliphatic heterocycles. The van der Waals surface area contributed by atoms with Crippen molar-refractivity contribution < 1.29 is 13.9 Å². The van der Waals surface area contributed by atoms with Crippen LogP contribution in [0.1, 0.15) is 34.8 Å². The average molecular weight is 421 g/mol. The molecule has 1 unspecified atom stereocenters. The first-order valence-corrected chi connectivity index (χ1v) is 9.49. The van der Waals surface area contributed by atoms with Gasteiger partial charge in [-0.2, -0.15) is 0 Å². The summed E-state index contributed by atoms with van der Waals surface area (Å²) in [6, 6.07) is 12.0. The van der Waals surface area contributed by atoms with Crippen molar-refractivity contribution in [2.45, 2.75) is 18.9 Å². The smallest absolute Gasteiger partial charge is 0.252 e. The number of nitrogens with zero attached hydrogens (tertiary/aromatic N) is 1. The summed E-state index contributed by atoms with van der Waals surface area (Å²) >= 11 is 3.31. The van der Waals surface area contributed by atoms with Crippen molar-refractivity contribution in [1.29, 1.82) is 0 Å². The summed E-state index contributed by atoms with van der Waals surface area (Å²) in [5.41, 5.74) is 1.35. The van der Waals surface area contributed by atoms with Gasteiger partial charge in [-0.05, 0) is 66.1 Å². The zero-order chi connectivity index (χ0) is 18.5. The van der Waals surface area contributed by atoms with Gasteiger partial charge in [-0.25, -0.2) is 4.39 Å². The number of carbonyl (C=O) groups excluding carboxylic acids is 1. The van der Waals surface area contributed by atoms with E-state index >= 15 is 0 Å². The van der Waals surface area contributed by atoms with Crippen molar-refractivity contribution in [3.8, 4) is 5.75 Å². The molecule has 1 saturated heterocycles. The van der Waals surface area contributed by atoms with Gasteiger partial charge in [0.15, 0.2) is 0 Å². The lowest BCUT2D eigenvalue weighted by Crippen LogP contribution is -2.37. The van der Waals surface area contributed by atoms with Crippen molar-refractivity contribution in [3.63, 3.8) is 0 Å². The Kier molecular flexibility index (Phi) is 6.27. The number of likely N-dealkylation sites (tertiary alicyclic amines) is 1. The number of benzene rings is 2. The van der Waals surface area contributed by atoms with E-state index < -0.39 is 5.82 Å². The van der Waals surface area contributed by atoms with Crippen LogP contribution in [-0.2, 0) is 0 Å². The molecular weight excluding hydrogens is 399 g/mol. The number of rotatable bonds is 6. The molecule has 4 nitrogen and oxygen atoms in total. The fourth-order valence-electron chi connectivity index (χ4n) is 3.39. The van der Waals surface area contributed by atoms with Crippen LogP contribution in [0.25, 0.3) is 0 Å². The van der Waals surface area contributed by atoms with Crippen LogP contribution >= 0.6 is 15.9 Å². The Morgan fingerprint density at radius 2 is 2.00 bits per heavy atom. The molecule has 1 atom stereocenters. The minimum absolute atomic E-state index is 0.0185. The topological polar surface area (TPSA) is 41.6 Å². The molecule has 0 saturated carbocycles. The Morgan fingerprint density at radius 3 is 2.73 bits per heavy atom. The van der Waals surface area contributed by atoms with E-state index in [9.17, 15) is 9.18 Å². The lowest BCUT2D eigenvalue weighted by molar-refractivity contribution is 0.0936. The van der Waals surface area contributed by atoms with Crippen LogP contribution in [0.5, 0.6) is 5.75 Å². The van der Waals surface area contributed by atoms with E-state index in [0.29, 0.717) is 16.6 Å². The van der Waals surface area contributed by atoms with Crippen LogP contribution in [0.4, 0.5) is 4.39 Å². The SMILES string of the molecule is COc1ccccc1C(CNC(=O)c1cc(F)ccc1Br)N1CCCC1. The van der Waals surface area contributed by atoms with Crippen molar-refractivity contribution in [1.82, 2.24) is 10.2 Å². The Balaban J connectivity index is 1.80. The first-order chi connectivity index (χ1) is 12.6. The fourth-order valence-corrected chi connectivity index (χ4v) is 3.81. The monoisotopic (exact) mass is 420 g/mol. The number of hydrogen-bond acceptors (Lipinski definition) is 3. The molecule has 2 aromatic carbocycles. The lowest BCUT2D eigenvalue weighted by Gasteiger charge is -2.29. The summed E-state index contributed by atoms with van der Waals surface area (Å²) in [6.45, 7) is 2.41. The molecule has 138 valence electrons. The number of methoxy groups -OCH3 is 1. The second kappa shape index (κ2) is 8.64. The van der Waals surface area contributed by atoms with Gasteiger partial charge in [-0.3, -0.25) is 9.69 Å². The van der Waals surface area contributed by atoms with Gasteiger partial charge in [0.05, 0.1) is 18.7 Å². The highest BCUT2D eigenvalue weighted by atomic mass is 79.9. The average Bonchev–Trinajstić information content (AvgIpc) is 3.18. The Morgan fingerprint density at radius 1 is 1.27 bits per heavy atom. The highest BCUT2D eigenvalue weighted by Gasteiger charge is 2.26. The van der Waals surface area contributed by atoms with Crippen LogP contribution in [0.15, 0.2) is 46.9 Å². The maximum Gasteiger partial charge on any atom is 0.252 e. The van der Waals surface area contributed by atoms with Gasteiger partial charge < -0.3 is 10.1 Å². The highest BCUT2D eigenvalue weighted by Crippen LogP contribution is 2.31. The van der Waals surface area contributed by atoms with Gasteiger partial charge in [0.1, 0.15) is 11.6 Å². The number of para-hydroxylation sites is 1. The summed E-state index contributed by atoms with van der Waals surface area (Å²) in [5, 5.41) is 2.96. The standard InChI is InChI=1S/C20H22BrFN2O2/c1-26-19-7-3-2-6-15(19)18(24-10-4-5-11-24)13-23-20(25)16-12-14(22)8-9-17(16)21/h2-3,6-9,12,18H,4-5,10-11,13H2,1H3,(H,23,25). The molecule has 1 aliphatic rings. The van der Waals surface area contributed by atoms with Crippen molar-refractivity contribution in [2.24, 2.45) is 0 Å². The number of hydrogen-bond donors (Lipinski definition) is 1. The Bertz CT molecular complexity index is 778. The summed E-state index contributed by atoms with van der Waals surface area (Å²) < 4.78 is 19.6. The second-order valence-electron chi connectivity index (χ2n) is 6.34. The van der Waals surface area contributed by atoms with E-state index in [1.807, 2.05) is 24.3 Å². The number of nitrogens with one attached hydrogen (secondary N) is 1. The number of amides is 1. The van der Waals surface area contributed by atoms with Gasteiger partial charge in [0.25, 0.3) is 5.91 Å². The van der Waals surface area contributed by atoms with Crippen molar-refractivity contribution in [2.75, 3.05) is 26.7 Å². The molecule has 0 spiro atoms. The van der Waals surface area contributed by atoms with Crippen molar-refractivity contribution >= 4 is 21.8 Å². The third-order valence-electron chi connectivity index (χ3n) is 4.71. The number of halogens is 2. The zero-order valence-electron chi connectivity index (χ0n) is 14.7. The Hall–Kier alpha value is -1.92. The summed E-state index contributed by atoms with van der Waals surface area (Å²) in [4.78, 5) is 14.9. The molecule has 0 aliphatic carbocycles. The molecule has 0 bridgehead atoms. The molecule has 6 heteroatoms. The van der Waals surface area contributed by atoms with Gasteiger partial charge in [-0.1, -0.05) is 18.2 Å². The lowest BCUT2D eigenvalue weighted by atomic mass is 10.0. The van der Waals surface area contributed by atoms with Crippen LogP contribution in [-0.4, -0.2) is 37.6 Å². The van der Waals surface area contributed by atoms with Gasteiger partial charge >= 0.3 is 0 Å². The van der Waals surface area contributed by atoms with E-state index in [-0.39, 0.29) is 11.9 Å². The molecule has 3 rings (SSSR count). The number of carbonyl (C=O) groups is 1. The fraction of sp³-hybridized carbons (Fsp3) is 0.350. The Labute approximate surface area is 161 Å². The second-order valence-corrected chi connectivity index (χ2v) is 7.19. The third-order valence-corrected chi connectivity index (χ3v) is 5.40. The van der Waals surface area contributed by atoms with Crippen LogP contribution in [0.3, 0.4) is 0 Å². The summed E-state index contributed by atoms with van der Waals surface area (Å²) in [7, 11) is 1.66. The number of ether oxygens (including phenoxy) is 1. The molecular formula is C20H22BrFN2O2. The first-order valence-electron chi connectivity index (χ1n) is 8.70. The van der Waals surface area contributed by atoms with E-state index in [1.54, 1.807) is 13.2 Å². The van der Waals surface area contributed by atoms with E-state index in [4.69, 9.17) is 4.74 Å². The van der Waals surface area contributed by atoms with Gasteiger partial charge in [0, 0.05) is 16.6 Å². The normalized spacial score (nSPS) is 15.7. The van der Waals surface area contributed by atoms with Crippen molar-refractivity contribution in [3.05, 3.63) is 63.9 Å². The maximum absolute atomic E-state index is 13.5. The zero-order valence-corrected chi connectivity index (χ0v) is 16.3. The quantitative estimate of drug-likeness (QED) is 0.762. The molecule has 0 aromatic heterocycles. The molecule has 1 fully saturated rings. The molecule has 1 heterocycles. The first kappa shape index (κ1) is 18.9. The van der Waals surface area contributed by atoms with E-state index in [2.05, 4.69) is 26.1 Å². The predicted molar refractivity (Wildman–Crippen MR) is 103 cm³/mol. The summed E-state index contributed by atoms with van der Waals surface area (Å²) in [6.07, 6.45) is 2.30. The highest BCUT2D eigenvalue weighted by molar-refractivity contribution is 9.10. The summed E-state index contributed by atoms with van der Waals surface area (Å²) in [5.74, 6) is 0.0835. The molecule has 0 radical (unpaired) electrons. The minimum Gasteiger partial charge on any atom is -0.496 e. The largest absolute Gasteiger partial charge is 0.496 e. The van der Waals surface area contributed by atoms with E-state index in [1.165, 1.54) is 12.1 Å². The molecule has 26 heavy (non-hydrogen) atoms. The van der Waals surface area contributed by atoms with Crippen LogP contribution in [0.2, 0.25) is 0 Å². The molecule has 2 aromatic rings. The third kappa shape index (κ3) is 4.24. The minimum atomic E-state index is -0.431. The van der Waals surface area contributed by atoms with Crippen LogP contribution in [0, 0.1) is 5.82 Å². The van der Waals surface area contributed by atoms with Crippen LogP contribution < -0.4 is 10.1 Å². The van der Waals surface area contributed by atoms with E-state index in [0.717, 1.165) is 37.2 Å². The van der Waals surface area contributed by atoms with Gasteiger partial charge in [0.2, 0.25) is 0 Å². The van der Waals surface area contributed by atoms with Gasteiger partial charge in [-0.15, -0.1) is 0 Å². The predicted octanol–water partition coefficient (Wildman–Crippen LogP) is 4.16. The maximum atomic E-state index is 13.5.